The first kappa shape index (κ1) is 22.1. The summed E-state index contributed by atoms with van der Waals surface area (Å²) in [4.78, 5) is 13.8. The molecule has 0 amide bonds. The van der Waals surface area contributed by atoms with E-state index in [2.05, 4.69) is 39.0 Å². The van der Waals surface area contributed by atoms with E-state index < -0.39 is 0 Å². The molecule has 30 heavy (non-hydrogen) atoms. The van der Waals surface area contributed by atoms with E-state index in [1.165, 1.54) is 0 Å². The van der Waals surface area contributed by atoms with Crippen molar-refractivity contribution in [1.29, 1.82) is 0 Å². The molecule has 0 radical (unpaired) electrons. The van der Waals surface area contributed by atoms with Crippen LogP contribution in [0, 0.1) is 0 Å². The van der Waals surface area contributed by atoms with Gasteiger partial charge in [0.1, 0.15) is 5.75 Å². The summed E-state index contributed by atoms with van der Waals surface area (Å²) >= 11 is 6.06. The molecule has 0 aliphatic rings. The summed E-state index contributed by atoms with van der Waals surface area (Å²) in [5, 5.41) is 26.7. The number of fused-ring (bicyclic) bond motifs is 1. The number of halogens is 1. The van der Waals surface area contributed by atoms with Crippen molar-refractivity contribution in [2.45, 2.75) is 58.7 Å². The first-order valence-electron chi connectivity index (χ1n) is 10.3. The molecule has 9 heteroatoms. The van der Waals surface area contributed by atoms with Crippen LogP contribution in [0.4, 0.5) is 11.8 Å². The highest BCUT2D eigenvalue weighted by Gasteiger charge is 2.18. The number of rotatable bonds is 10. The molecule has 0 saturated heterocycles. The molecule has 1 aromatic carbocycles. The number of benzene rings is 1. The van der Waals surface area contributed by atoms with E-state index in [9.17, 15) is 10.2 Å². The van der Waals surface area contributed by atoms with Crippen molar-refractivity contribution in [3.63, 3.8) is 0 Å². The van der Waals surface area contributed by atoms with Crippen LogP contribution in [0.1, 0.15) is 51.6 Å². The molecule has 0 aliphatic heterocycles. The van der Waals surface area contributed by atoms with Gasteiger partial charge in [0.25, 0.3) is 0 Å². The summed E-state index contributed by atoms with van der Waals surface area (Å²) in [5.41, 5.74) is 2.04. The van der Waals surface area contributed by atoms with E-state index in [1.807, 2.05) is 6.92 Å². The van der Waals surface area contributed by atoms with Crippen LogP contribution < -0.4 is 10.6 Å². The number of phenolic OH excluding ortho intramolecular Hbond substituents is 1. The van der Waals surface area contributed by atoms with Gasteiger partial charge in [-0.3, -0.25) is 0 Å². The molecular weight excluding hydrogens is 404 g/mol. The smallest absolute Gasteiger partial charge is 0.227 e. The maximum Gasteiger partial charge on any atom is 0.227 e. The van der Waals surface area contributed by atoms with Crippen LogP contribution >= 0.6 is 11.6 Å². The summed E-state index contributed by atoms with van der Waals surface area (Å²) in [6, 6.07) is 5.06. The Morgan fingerprint density at radius 1 is 1.13 bits per heavy atom. The van der Waals surface area contributed by atoms with E-state index in [4.69, 9.17) is 16.6 Å². The number of anilines is 2. The van der Waals surface area contributed by atoms with E-state index in [-0.39, 0.29) is 24.4 Å². The second-order valence-electron chi connectivity index (χ2n) is 7.25. The molecule has 0 fully saturated rings. The number of imidazole rings is 1. The molecule has 1 unspecified atom stereocenters. The Morgan fingerprint density at radius 2 is 1.90 bits per heavy atom. The van der Waals surface area contributed by atoms with Crippen LogP contribution in [0.15, 0.2) is 24.5 Å². The van der Waals surface area contributed by atoms with Crippen molar-refractivity contribution >= 4 is 34.5 Å². The fourth-order valence-corrected chi connectivity index (χ4v) is 3.58. The monoisotopic (exact) mass is 432 g/mol. The number of aliphatic hydroxyl groups excluding tert-OH is 1. The Bertz CT molecular complexity index is 985. The Kier molecular flexibility index (Phi) is 7.33. The molecule has 0 aliphatic carbocycles. The zero-order valence-corrected chi connectivity index (χ0v) is 18.3. The Balaban J connectivity index is 2.01. The molecule has 2 aromatic heterocycles. The van der Waals surface area contributed by atoms with Gasteiger partial charge in [-0.05, 0) is 37.5 Å². The second-order valence-corrected chi connectivity index (χ2v) is 7.69. The van der Waals surface area contributed by atoms with Crippen molar-refractivity contribution in [1.82, 2.24) is 19.5 Å². The third kappa shape index (κ3) is 4.76. The van der Waals surface area contributed by atoms with Crippen LogP contribution in [-0.2, 0) is 6.54 Å². The van der Waals surface area contributed by atoms with Gasteiger partial charge in [0, 0.05) is 23.2 Å². The lowest BCUT2D eigenvalue weighted by Gasteiger charge is -2.18. The number of aromatic nitrogens is 4. The minimum absolute atomic E-state index is 0.0111. The number of aliphatic hydroxyl groups is 1. The van der Waals surface area contributed by atoms with Crippen LogP contribution in [0.2, 0.25) is 5.02 Å². The number of nitrogens with one attached hydrogen (secondary N) is 2. The zero-order valence-electron chi connectivity index (χ0n) is 17.6. The van der Waals surface area contributed by atoms with Gasteiger partial charge in [-0.25, -0.2) is 4.98 Å². The molecule has 4 N–H and O–H groups in total. The Labute approximate surface area is 181 Å². The number of hydrogen-bond acceptors (Lipinski definition) is 7. The van der Waals surface area contributed by atoms with Crippen LogP contribution in [0.3, 0.4) is 0 Å². The zero-order chi connectivity index (χ0) is 21.7. The molecule has 2 heterocycles. The predicted molar refractivity (Wildman–Crippen MR) is 120 cm³/mol. The lowest BCUT2D eigenvalue weighted by Crippen LogP contribution is -2.24. The van der Waals surface area contributed by atoms with Crippen LogP contribution in [0.5, 0.6) is 5.75 Å². The first-order chi connectivity index (χ1) is 14.5. The van der Waals surface area contributed by atoms with Crippen molar-refractivity contribution in [2.75, 3.05) is 17.2 Å². The predicted octanol–water partition coefficient (Wildman–Crippen LogP) is 4.34. The third-order valence-corrected chi connectivity index (χ3v) is 5.53. The molecule has 162 valence electrons. The summed E-state index contributed by atoms with van der Waals surface area (Å²) in [5.74, 6) is 1.14. The maximum absolute atomic E-state index is 10.1. The van der Waals surface area contributed by atoms with Crippen molar-refractivity contribution in [3.05, 3.63) is 35.1 Å². The summed E-state index contributed by atoms with van der Waals surface area (Å²) in [6.07, 6.45) is 4.46. The number of aromatic hydroxyl groups is 1. The summed E-state index contributed by atoms with van der Waals surface area (Å²) in [6.45, 7) is 6.58. The minimum atomic E-state index is -0.142. The quantitative estimate of drug-likeness (QED) is 0.377. The molecule has 3 rings (SSSR count). The van der Waals surface area contributed by atoms with Gasteiger partial charge in [-0.2, -0.15) is 9.97 Å². The fraction of sp³-hybridized carbons (Fsp3) is 0.476. The lowest BCUT2D eigenvalue weighted by atomic mass is 10.2. The maximum atomic E-state index is 10.1. The van der Waals surface area contributed by atoms with Gasteiger partial charge in [0.2, 0.25) is 5.95 Å². The minimum Gasteiger partial charge on any atom is -0.508 e. The van der Waals surface area contributed by atoms with E-state index >= 15 is 0 Å². The van der Waals surface area contributed by atoms with Gasteiger partial charge < -0.3 is 25.4 Å². The average molecular weight is 433 g/mol. The van der Waals surface area contributed by atoms with Gasteiger partial charge >= 0.3 is 0 Å². The normalized spacial score (nSPS) is 12.5. The third-order valence-electron chi connectivity index (χ3n) is 5.29. The fourth-order valence-electron chi connectivity index (χ4n) is 3.39. The highest BCUT2D eigenvalue weighted by atomic mass is 35.5. The van der Waals surface area contributed by atoms with E-state index in [1.54, 1.807) is 24.5 Å². The van der Waals surface area contributed by atoms with Gasteiger partial charge in [-0.1, -0.05) is 32.4 Å². The van der Waals surface area contributed by atoms with Gasteiger partial charge in [0.05, 0.1) is 19.0 Å². The molecule has 0 bridgehead atoms. The van der Waals surface area contributed by atoms with E-state index in [0.29, 0.717) is 34.4 Å². The number of hydrogen-bond donors (Lipinski definition) is 4. The highest BCUT2D eigenvalue weighted by Crippen LogP contribution is 2.28. The van der Waals surface area contributed by atoms with Crippen molar-refractivity contribution in [3.8, 4) is 5.75 Å². The highest BCUT2D eigenvalue weighted by molar-refractivity contribution is 6.30. The SMILES string of the molecule is CCC(CO)Nc1nc(NCc2cc(Cl)ccc2O)c2ncn(C(CC)CC)c2n1. The van der Waals surface area contributed by atoms with Crippen LogP contribution in [0.25, 0.3) is 11.2 Å². The molecular formula is C21H29ClN6O2. The largest absolute Gasteiger partial charge is 0.508 e. The Hall–Kier alpha value is -2.58. The van der Waals surface area contributed by atoms with Gasteiger partial charge in [0.15, 0.2) is 17.0 Å². The summed E-state index contributed by atoms with van der Waals surface area (Å²) < 4.78 is 2.07. The molecule has 3 aromatic rings. The first-order valence-corrected chi connectivity index (χ1v) is 10.7. The Morgan fingerprint density at radius 3 is 2.57 bits per heavy atom. The summed E-state index contributed by atoms with van der Waals surface area (Å²) in [7, 11) is 0. The van der Waals surface area contributed by atoms with E-state index in [0.717, 1.165) is 24.9 Å². The van der Waals surface area contributed by atoms with Crippen LogP contribution in [-0.4, -0.2) is 42.4 Å². The van der Waals surface area contributed by atoms with Crippen molar-refractivity contribution in [2.24, 2.45) is 0 Å². The molecule has 0 spiro atoms. The second kappa shape index (κ2) is 9.95. The standard InChI is InChI=1S/C21H29ClN6O2/c1-4-15(11-29)25-21-26-19(23-10-13-9-14(22)7-8-17(13)30)18-20(27-21)28(12-24-18)16(5-2)6-3/h7-9,12,15-16,29-30H,4-6,10-11H2,1-3H3,(H2,23,25,26,27). The van der Waals surface area contributed by atoms with Crippen molar-refractivity contribution < 1.29 is 10.2 Å². The molecule has 8 nitrogen and oxygen atoms in total. The topological polar surface area (TPSA) is 108 Å². The average Bonchev–Trinajstić information content (AvgIpc) is 3.17. The lowest BCUT2D eigenvalue weighted by molar-refractivity contribution is 0.271. The molecule has 1 atom stereocenters. The molecule has 0 saturated carbocycles. The number of phenols is 1. The number of nitrogens with zero attached hydrogens (tertiary/aromatic N) is 4. The van der Waals surface area contributed by atoms with Gasteiger partial charge in [-0.15, -0.1) is 0 Å².